The molecule has 0 N–H and O–H groups in total. The summed E-state index contributed by atoms with van der Waals surface area (Å²) in [6.45, 7) is 3.69. The van der Waals surface area contributed by atoms with E-state index < -0.39 is 25.5 Å². The molecule has 1 aromatic rings. The second kappa shape index (κ2) is 9.57. The summed E-state index contributed by atoms with van der Waals surface area (Å²) in [7, 11) is -0.799. The number of methoxy groups -OCH3 is 2. The molecule has 0 aromatic heterocycles. The van der Waals surface area contributed by atoms with E-state index >= 15 is 0 Å². The van der Waals surface area contributed by atoms with Crippen LogP contribution < -0.4 is 4.74 Å². The van der Waals surface area contributed by atoms with Crippen LogP contribution in [0.3, 0.4) is 0 Å². The summed E-state index contributed by atoms with van der Waals surface area (Å²) in [5, 5.41) is 0. The van der Waals surface area contributed by atoms with Gasteiger partial charge in [-0.2, -0.15) is 0 Å². The van der Waals surface area contributed by atoms with Crippen LogP contribution in [-0.4, -0.2) is 45.3 Å². The summed E-state index contributed by atoms with van der Waals surface area (Å²) in [6.07, 6.45) is -0.373. The average Bonchev–Trinajstić information content (AvgIpc) is 2.54. The highest BCUT2D eigenvalue weighted by molar-refractivity contribution is 7.54. The number of hydrogen-bond donors (Lipinski definition) is 0. The summed E-state index contributed by atoms with van der Waals surface area (Å²) in [5.41, 5.74) is 0.812. The van der Waals surface area contributed by atoms with Gasteiger partial charge in [-0.25, -0.2) is 0 Å². The van der Waals surface area contributed by atoms with Gasteiger partial charge in [-0.3, -0.25) is 14.2 Å². The Kier molecular flexibility index (Phi) is 8.11. The number of ether oxygens (including phenoxy) is 2. The molecule has 0 heterocycles. The maximum Gasteiger partial charge on any atom is 0.338 e. The van der Waals surface area contributed by atoms with Crippen LogP contribution in [0.25, 0.3) is 0 Å². The van der Waals surface area contributed by atoms with Crippen LogP contribution in [0.1, 0.15) is 29.8 Å². The molecule has 0 bridgehead atoms. The van der Waals surface area contributed by atoms with Crippen molar-refractivity contribution in [2.45, 2.75) is 20.3 Å². The monoisotopic (exact) mass is 358 g/mol. The molecule has 134 valence electrons. The van der Waals surface area contributed by atoms with Gasteiger partial charge in [0.2, 0.25) is 0 Å². The van der Waals surface area contributed by atoms with Gasteiger partial charge in [0.05, 0.1) is 39.4 Å². The summed E-state index contributed by atoms with van der Waals surface area (Å²) in [4.78, 5) is 24.0. The number of carbonyl (C=O) groups is 2. The van der Waals surface area contributed by atoms with E-state index in [0.29, 0.717) is 11.3 Å². The standard InChI is InChI=1S/C16H23O7P/c1-5-22-24(19,23-6-2)11-14(17)13-9-12(10-16(18)21-4)7-8-15(13)20-3/h7-9H,5-6,10-11H2,1-4H3. The summed E-state index contributed by atoms with van der Waals surface area (Å²) >= 11 is 0. The number of carbonyl (C=O) groups excluding carboxylic acids is 2. The second-order valence-electron chi connectivity index (χ2n) is 4.82. The Balaban J connectivity index is 3.08. The van der Waals surface area contributed by atoms with E-state index in [0.717, 1.165) is 0 Å². The van der Waals surface area contributed by atoms with Gasteiger partial charge in [0, 0.05) is 0 Å². The van der Waals surface area contributed by atoms with E-state index in [2.05, 4.69) is 4.74 Å². The smallest absolute Gasteiger partial charge is 0.338 e. The molecule has 0 aliphatic carbocycles. The topological polar surface area (TPSA) is 88.1 Å². The molecule has 7 nitrogen and oxygen atoms in total. The van der Waals surface area contributed by atoms with Gasteiger partial charge in [0.1, 0.15) is 11.9 Å². The average molecular weight is 358 g/mol. The predicted molar refractivity (Wildman–Crippen MR) is 88.8 cm³/mol. The molecule has 24 heavy (non-hydrogen) atoms. The van der Waals surface area contributed by atoms with E-state index in [1.54, 1.807) is 26.0 Å². The highest BCUT2D eigenvalue weighted by atomic mass is 31.2. The normalized spacial score (nSPS) is 11.2. The van der Waals surface area contributed by atoms with Gasteiger partial charge in [0.15, 0.2) is 5.78 Å². The van der Waals surface area contributed by atoms with Crippen molar-refractivity contribution in [2.24, 2.45) is 0 Å². The van der Waals surface area contributed by atoms with Crippen molar-refractivity contribution in [1.29, 1.82) is 0 Å². The Morgan fingerprint density at radius 3 is 2.21 bits per heavy atom. The van der Waals surface area contributed by atoms with Gasteiger partial charge >= 0.3 is 13.6 Å². The fourth-order valence-electron chi connectivity index (χ4n) is 2.10. The van der Waals surface area contributed by atoms with Gasteiger partial charge < -0.3 is 18.5 Å². The van der Waals surface area contributed by atoms with Crippen molar-refractivity contribution in [3.63, 3.8) is 0 Å². The zero-order valence-electron chi connectivity index (χ0n) is 14.4. The van der Waals surface area contributed by atoms with Crippen LogP contribution in [0.2, 0.25) is 0 Å². The molecule has 0 radical (unpaired) electrons. The molecule has 0 saturated heterocycles. The Morgan fingerprint density at radius 2 is 1.71 bits per heavy atom. The van der Waals surface area contributed by atoms with Crippen molar-refractivity contribution < 1.29 is 32.7 Å². The molecule has 0 amide bonds. The van der Waals surface area contributed by atoms with Gasteiger partial charge in [-0.15, -0.1) is 0 Å². The van der Waals surface area contributed by atoms with E-state index in [1.165, 1.54) is 20.3 Å². The first-order chi connectivity index (χ1) is 11.4. The van der Waals surface area contributed by atoms with Crippen LogP contribution in [0.4, 0.5) is 0 Å². The lowest BCUT2D eigenvalue weighted by Gasteiger charge is -2.17. The largest absolute Gasteiger partial charge is 0.496 e. The van der Waals surface area contributed by atoms with E-state index in [9.17, 15) is 14.2 Å². The maximum atomic E-state index is 12.6. The molecule has 0 unspecified atom stereocenters. The number of benzene rings is 1. The first-order valence-corrected chi connectivity index (χ1v) is 9.27. The second-order valence-corrected chi connectivity index (χ2v) is 6.87. The van der Waals surface area contributed by atoms with E-state index in [1.807, 2.05) is 0 Å². The Labute approximate surface area is 141 Å². The molecule has 0 atom stereocenters. The molecule has 0 fully saturated rings. The van der Waals surface area contributed by atoms with Crippen LogP contribution >= 0.6 is 7.60 Å². The van der Waals surface area contributed by atoms with Crippen LogP contribution in [0.5, 0.6) is 5.75 Å². The number of esters is 1. The molecule has 1 aromatic carbocycles. The van der Waals surface area contributed by atoms with Crippen LogP contribution in [0.15, 0.2) is 18.2 Å². The molecule has 8 heteroatoms. The summed E-state index contributed by atoms with van der Waals surface area (Å²) in [5.74, 6) is -0.537. The van der Waals surface area contributed by atoms with E-state index in [-0.39, 0.29) is 25.2 Å². The minimum atomic E-state index is -3.52. The fourth-order valence-corrected chi connectivity index (χ4v) is 3.67. The first kappa shape index (κ1) is 20.4. The Bertz CT molecular complexity index is 617. The Hall–Kier alpha value is -1.69. The molecule has 0 saturated carbocycles. The maximum absolute atomic E-state index is 12.6. The molecule has 0 aliphatic rings. The van der Waals surface area contributed by atoms with Crippen molar-refractivity contribution in [1.82, 2.24) is 0 Å². The third-order valence-electron chi connectivity index (χ3n) is 3.13. The summed E-state index contributed by atoms with van der Waals surface area (Å²) < 4.78 is 32.6. The van der Waals surface area contributed by atoms with Gasteiger partial charge in [-0.1, -0.05) is 6.07 Å². The third-order valence-corrected chi connectivity index (χ3v) is 5.11. The van der Waals surface area contributed by atoms with E-state index in [4.69, 9.17) is 13.8 Å². The van der Waals surface area contributed by atoms with Crippen molar-refractivity contribution >= 4 is 19.3 Å². The van der Waals surface area contributed by atoms with Gasteiger partial charge in [0.25, 0.3) is 0 Å². The molecular weight excluding hydrogens is 335 g/mol. The quantitative estimate of drug-likeness (QED) is 0.361. The van der Waals surface area contributed by atoms with Crippen molar-refractivity contribution in [2.75, 3.05) is 33.6 Å². The molecule has 0 aliphatic heterocycles. The highest BCUT2D eigenvalue weighted by Gasteiger charge is 2.29. The minimum absolute atomic E-state index is 0.0232. The lowest BCUT2D eigenvalue weighted by molar-refractivity contribution is -0.139. The number of hydrogen-bond acceptors (Lipinski definition) is 7. The summed E-state index contributed by atoms with van der Waals surface area (Å²) in [6, 6.07) is 4.77. The first-order valence-electron chi connectivity index (χ1n) is 7.54. The minimum Gasteiger partial charge on any atom is -0.496 e. The number of ketones is 1. The SMILES string of the molecule is CCOP(=O)(CC(=O)c1cc(CC(=O)OC)ccc1OC)OCC. The molecule has 1 rings (SSSR count). The van der Waals surface area contributed by atoms with Gasteiger partial charge in [-0.05, 0) is 31.5 Å². The lowest BCUT2D eigenvalue weighted by Crippen LogP contribution is -2.12. The van der Waals surface area contributed by atoms with Crippen LogP contribution in [0, 0.1) is 0 Å². The van der Waals surface area contributed by atoms with Crippen molar-refractivity contribution in [3.05, 3.63) is 29.3 Å². The Morgan fingerprint density at radius 1 is 1.08 bits per heavy atom. The van der Waals surface area contributed by atoms with Crippen LogP contribution in [-0.2, 0) is 29.6 Å². The fraction of sp³-hybridized carbons (Fsp3) is 0.500. The third kappa shape index (κ3) is 5.74. The zero-order chi connectivity index (χ0) is 18.2. The zero-order valence-corrected chi connectivity index (χ0v) is 15.3. The predicted octanol–water partition coefficient (Wildman–Crippen LogP) is 2.86. The number of Topliss-reactive ketones (excluding diaryl/α,β-unsaturated/α-hetero) is 1. The molecule has 0 spiro atoms. The highest BCUT2D eigenvalue weighted by Crippen LogP contribution is 2.48. The lowest BCUT2D eigenvalue weighted by atomic mass is 10.0. The number of rotatable bonds is 10. The van der Waals surface area contributed by atoms with Crippen molar-refractivity contribution in [3.8, 4) is 5.75 Å². The molecular formula is C16H23O7P.